The van der Waals surface area contributed by atoms with Crippen LogP contribution in [-0.4, -0.2) is 30.0 Å². The van der Waals surface area contributed by atoms with E-state index in [0.717, 1.165) is 54.1 Å². The summed E-state index contributed by atoms with van der Waals surface area (Å²) in [5, 5.41) is 4.25. The van der Waals surface area contributed by atoms with Gasteiger partial charge in [-0.15, -0.1) is 0 Å². The normalized spacial score (nSPS) is 26.1. The number of hydrogen-bond acceptors (Lipinski definition) is 3. The molecule has 2 heterocycles. The minimum Gasteiger partial charge on any atom is -0.356 e. The molecule has 1 aliphatic heterocycles. The number of carbonyl (C=O) groups is 1. The first-order valence-corrected chi connectivity index (χ1v) is 10.6. The Morgan fingerprint density at radius 2 is 1.85 bits per heavy atom. The van der Waals surface area contributed by atoms with Gasteiger partial charge in [-0.25, -0.2) is 4.98 Å². The van der Waals surface area contributed by atoms with Crippen molar-refractivity contribution < 1.29 is 4.79 Å². The SMILES string of the molecule is CC1CCC(NC(=O)c2cc(N3CCC[C@@H](C)C3)nc3ccccc23)CC1. The van der Waals surface area contributed by atoms with Crippen molar-refractivity contribution in [1.82, 2.24) is 10.3 Å². The molecule has 1 saturated heterocycles. The Kier molecular flexibility index (Phi) is 5.33. The first-order valence-electron chi connectivity index (χ1n) is 10.6. The molecule has 1 aromatic carbocycles. The summed E-state index contributed by atoms with van der Waals surface area (Å²) >= 11 is 0. The zero-order valence-corrected chi connectivity index (χ0v) is 16.6. The Bertz CT molecular complexity index is 810. The Labute approximate surface area is 162 Å². The van der Waals surface area contributed by atoms with Gasteiger partial charge in [0.15, 0.2) is 0 Å². The van der Waals surface area contributed by atoms with Gasteiger partial charge in [0.25, 0.3) is 5.91 Å². The molecule has 144 valence electrons. The van der Waals surface area contributed by atoms with Gasteiger partial charge in [0.05, 0.1) is 11.1 Å². The Balaban J connectivity index is 1.63. The summed E-state index contributed by atoms with van der Waals surface area (Å²) in [6, 6.07) is 10.3. The van der Waals surface area contributed by atoms with Crippen LogP contribution in [0.15, 0.2) is 30.3 Å². The minimum atomic E-state index is 0.0551. The molecule has 0 bridgehead atoms. The van der Waals surface area contributed by atoms with Crippen LogP contribution in [0.4, 0.5) is 5.82 Å². The van der Waals surface area contributed by atoms with Gasteiger partial charge in [0.1, 0.15) is 5.82 Å². The number of piperidine rings is 1. The number of rotatable bonds is 3. The van der Waals surface area contributed by atoms with Crippen LogP contribution in [0.1, 0.15) is 62.7 Å². The standard InChI is InChI=1S/C23H31N3O/c1-16-9-11-18(12-10-16)24-23(27)20-14-22(26-13-5-6-17(2)15-26)25-21-8-4-3-7-19(20)21/h3-4,7-8,14,16-18H,5-6,9-13,15H2,1-2H3,(H,24,27)/t16?,17-,18?/m1/s1. The third-order valence-corrected chi connectivity index (χ3v) is 6.28. The number of aromatic nitrogens is 1. The number of amides is 1. The molecule has 27 heavy (non-hydrogen) atoms. The number of pyridine rings is 1. The maximum Gasteiger partial charge on any atom is 0.252 e. The second-order valence-electron chi connectivity index (χ2n) is 8.67. The lowest BCUT2D eigenvalue weighted by molar-refractivity contribution is 0.0924. The van der Waals surface area contributed by atoms with Crippen LogP contribution < -0.4 is 10.2 Å². The molecule has 1 N–H and O–H groups in total. The molecule has 2 aromatic rings. The minimum absolute atomic E-state index is 0.0551. The molecular formula is C23H31N3O. The van der Waals surface area contributed by atoms with Crippen LogP contribution in [0, 0.1) is 11.8 Å². The molecule has 1 saturated carbocycles. The van der Waals surface area contributed by atoms with E-state index in [0.29, 0.717) is 12.0 Å². The monoisotopic (exact) mass is 365 g/mol. The van der Waals surface area contributed by atoms with Crippen LogP contribution in [0.5, 0.6) is 0 Å². The average molecular weight is 366 g/mol. The van der Waals surface area contributed by atoms with Crippen molar-refractivity contribution in [1.29, 1.82) is 0 Å². The fourth-order valence-electron chi connectivity index (χ4n) is 4.58. The van der Waals surface area contributed by atoms with Crippen LogP contribution in [0.25, 0.3) is 10.9 Å². The molecule has 2 aliphatic rings. The molecule has 0 spiro atoms. The van der Waals surface area contributed by atoms with Gasteiger partial charge in [-0.2, -0.15) is 0 Å². The van der Waals surface area contributed by atoms with Gasteiger partial charge < -0.3 is 10.2 Å². The van der Waals surface area contributed by atoms with Crippen molar-refractivity contribution in [3.63, 3.8) is 0 Å². The molecule has 1 aromatic heterocycles. The molecule has 4 heteroatoms. The summed E-state index contributed by atoms with van der Waals surface area (Å²) in [5.74, 6) is 2.46. The highest BCUT2D eigenvalue weighted by atomic mass is 16.1. The van der Waals surface area contributed by atoms with Crippen LogP contribution in [-0.2, 0) is 0 Å². The van der Waals surface area contributed by atoms with Gasteiger partial charge >= 0.3 is 0 Å². The van der Waals surface area contributed by atoms with E-state index >= 15 is 0 Å². The lowest BCUT2D eigenvalue weighted by atomic mass is 9.87. The fraction of sp³-hybridized carbons (Fsp3) is 0.565. The summed E-state index contributed by atoms with van der Waals surface area (Å²) in [6.07, 6.45) is 7.06. The Morgan fingerprint density at radius 3 is 2.63 bits per heavy atom. The molecule has 1 atom stereocenters. The van der Waals surface area contributed by atoms with Gasteiger partial charge in [0.2, 0.25) is 0 Å². The van der Waals surface area contributed by atoms with Gasteiger partial charge in [-0.05, 0) is 62.5 Å². The van der Waals surface area contributed by atoms with Crippen molar-refractivity contribution in [3.05, 3.63) is 35.9 Å². The van der Waals surface area contributed by atoms with Gasteiger partial charge in [0, 0.05) is 24.5 Å². The quantitative estimate of drug-likeness (QED) is 0.851. The van der Waals surface area contributed by atoms with Crippen LogP contribution in [0.2, 0.25) is 0 Å². The van der Waals surface area contributed by atoms with E-state index in [1.54, 1.807) is 0 Å². The predicted octanol–water partition coefficient (Wildman–Crippen LogP) is 4.78. The Hall–Kier alpha value is -2.10. The largest absolute Gasteiger partial charge is 0.356 e. The van der Waals surface area contributed by atoms with E-state index in [4.69, 9.17) is 4.98 Å². The predicted molar refractivity (Wildman–Crippen MR) is 111 cm³/mol. The topological polar surface area (TPSA) is 45.2 Å². The molecule has 2 fully saturated rings. The number of nitrogens with zero attached hydrogens (tertiary/aromatic N) is 2. The first-order chi connectivity index (χ1) is 13.1. The van der Waals surface area contributed by atoms with Crippen molar-refractivity contribution in [2.45, 2.75) is 58.4 Å². The number of fused-ring (bicyclic) bond motifs is 1. The number of benzene rings is 1. The number of carbonyl (C=O) groups excluding carboxylic acids is 1. The second kappa shape index (κ2) is 7.87. The van der Waals surface area contributed by atoms with E-state index in [9.17, 15) is 4.79 Å². The fourth-order valence-corrected chi connectivity index (χ4v) is 4.58. The number of para-hydroxylation sites is 1. The Morgan fingerprint density at radius 1 is 1.07 bits per heavy atom. The summed E-state index contributed by atoms with van der Waals surface area (Å²) in [7, 11) is 0. The van der Waals surface area contributed by atoms with E-state index in [-0.39, 0.29) is 5.91 Å². The van der Waals surface area contributed by atoms with Crippen molar-refractivity contribution >= 4 is 22.6 Å². The van der Waals surface area contributed by atoms with Crippen LogP contribution >= 0.6 is 0 Å². The highest BCUT2D eigenvalue weighted by Gasteiger charge is 2.23. The molecule has 0 radical (unpaired) electrons. The summed E-state index contributed by atoms with van der Waals surface area (Å²) in [5.41, 5.74) is 1.68. The average Bonchev–Trinajstić information content (AvgIpc) is 2.69. The van der Waals surface area contributed by atoms with Gasteiger partial charge in [-0.1, -0.05) is 32.0 Å². The lowest BCUT2D eigenvalue weighted by Gasteiger charge is -2.32. The summed E-state index contributed by atoms with van der Waals surface area (Å²) in [4.78, 5) is 20.4. The third-order valence-electron chi connectivity index (χ3n) is 6.28. The van der Waals surface area contributed by atoms with Gasteiger partial charge in [-0.3, -0.25) is 4.79 Å². The molecule has 4 rings (SSSR count). The van der Waals surface area contributed by atoms with E-state index < -0.39 is 0 Å². The highest BCUT2D eigenvalue weighted by Crippen LogP contribution is 2.28. The molecule has 4 nitrogen and oxygen atoms in total. The smallest absolute Gasteiger partial charge is 0.252 e. The highest BCUT2D eigenvalue weighted by molar-refractivity contribution is 6.07. The van der Waals surface area contributed by atoms with E-state index in [1.807, 2.05) is 30.3 Å². The van der Waals surface area contributed by atoms with Crippen molar-refractivity contribution in [3.8, 4) is 0 Å². The number of nitrogens with one attached hydrogen (secondary N) is 1. The van der Waals surface area contributed by atoms with Crippen molar-refractivity contribution in [2.75, 3.05) is 18.0 Å². The molecule has 1 amide bonds. The maximum absolute atomic E-state index is 13.2. The summed E-state index contributed by atoms with van der Waals surface area (Å²) in [6.45, 7) is 6.65. The maximum atomic E-state index is 13.2. The van der Waals surface area contributed by atoms with E-state index in [2.05, 4.69) is 24.1 Å². The summed E-state index contributed by atoms with van der Waals surface area (Å²) < 4.78 is 0. The number of hydrogen-bond donors (Lipinski definition) is 1. The third kappa shape index (κ3) is 4.10. The van der Waals surface area contributed by atoms with E-state index in [1.165, 1.54) is 25.7 Å². The molecular weight excluding hydrogens is 334 g/mol. The molecule has 1 aliphatic carbocycles. The van der Waals surface area contributed by atoms with Crippen molar-refractivity contribution in [2.24, 2.45) is 11.8 Å². The number of anilines is 1. The second-order valence-corrected chi connectivity index (χ2v) is 8.67. The molecule has 0 unspecified atom stereocenters. The lowest BCUT2D eigenvalue weighted by Crippen LogP contribution is -2.38. The zero-order chi connectivity index (χ0) is 18.8. The first kappa shape index (κ1) is 18.3. The zero-order valence-electron chi connectivity index (χ0n) is 16.6. The van der Waals surface area contributed by atoms with Crippen LogP contribution in [0.3, 0.4) is 0 Å².